The summed E-state index contributed by atoms with van der Waals surface area (Å²) in [6.45, 7) is 0. The number of benzene rings is 1. The number of carbonyl (C=O) groups excluding carboxylic acids is 1. The first-order valence-corrected chi connectivity index (χ1v) is 5.30. The first-order valence-electron chi connectivity index (χ1n) is 5.30. The molecule has 1 fully saturated rings. The van der Waals surface area contributed by atoms with Gasteiger partial charge in [-0.2, -0.15) is 13.2 Å². The average Bonchev–Trinajstić information content (AvgIpc) is 3.03. The first kappa shape index (κ1) is 13.6. The Labute approximate surface area is 104 Å². The summed E-state index contributed by atoms with van der Waals surface area (Å²) in [7, 11) is 0. The molecule has 1 saturated carbocycles. The Morgan fingerprint density at radius 3 is 2.26 bits per heavy atom. The van der Waals surface area contributed by atoms with E-state index in [0.29, 0.717) is 12.1 Å². The summed E-state index contributed by atoms with van der Waals surface area (Å²) in [6.07, 6.45) is -5.13. The summed E-state index contributed by atoms with van der Waals surface area (Å²) in [5.41, 5.74) is 1.62. The molecule has 0 atom stereocenters. The maximum absolute atomic E-state index is 13.3. The Balaban J connectivity index is 2.25. The summed E-state index contributed by atoms with van der Waals surface area (Å²) in [5.74, 6) is -3.60. The molecule has 3 N–H and O–H groups in total. The van der Waals surface area contributed by atoms with Gasteiger partial charge in [0.15, 0.2) is 0 Å². The maximum Gasteiger partial charge on any atom is 0.411 e. The van der Waals surface area contributed by atoms with Crippen LogP contribution < -0.4 is 11.1 Å². The second-order valence-electron chi connectivity index (χ2n) is 4.39. The number of hydrogen-bond donors (Lipinski definition) is 2. The van der Waals surface area contributed by atoms with Gasteiger partial charge in [0.25, 0.3) is 5.91 Å². The van der Waals surface area contributed by atoms with Crippen molar-refractivity contribution in [1.29, 1.82) is 0 Å². The Morgan fingerprint density at radius 1 is 1.21 bits per heavy atom. The Kier molecular flexibility index (Phi) is 2.91. The van der Waals surface area contributed by atoms with Gasteiger partial charge in [0, 0.05) is 6.07 Å². The zero-order valence-corrected chi connectivity index (χ0v) is 9.44. The van der Waals surface area contributed by atoms with Crippen molar-refractivity contribution in [3.05, 3.63) is 29.3 Å². The lowest BCUT2D eigenvalue weighted by molar-refractivity contribution is -0.163. The molecule has 1 aromatic carbocycles. The van der Waals surface area contributed by atoms with Crippen LogP contribution in [-0.2, 0) is 0 Å². The predicted molar refractivity (Wildman–Crippen MR) is 56.3 cm³/mol. The second-order valence-corrected chi connectivity index (χ2v) is 4.39. The molecule has 1 amide bonds. The van der Waals surface area contributed by atoms with Crippen molar-refractivity contribution in [3.63, 3.8) is 0 Å². The lowest BCUT2D eigenvalue weighted by atomic mass is 10.1. The van der Waals surface area contributed by atoms with Gasteiger partial charge in [0.05, 0.1) is 11.3 Å². The molecule has 0 unspecified atom stereocenters. The highest BCUT2D eigenvalue weighted by Gasteiger charge is 2.64. The monoisotopic (exact) mass is 280 g/mol. The van der Waals surface area contributed by atoms with Gasteiger partial charge in [-0.1, -0.05) is 0 Å². The Hall–Kier alpha value is -1.86. The average molecular weight is 280 g/mol. The number of hydrogen-bond acceptors (Lipinski definition) is 2. The SMILES string of the molecule is Nc1cc(C(=O)NC2(C(F)(F)F)CC2)c(F)cc1F. The normalized spacial score (nSPS) is 17.1. The van der Waals surface area contributed by atoms with Crippen LogP contribution in [0.15, 0.2) is 12.1 Å². The molecular weight excluding hydrogens is 271 g/mol. The number of nitrogens with one attached hydrogen (secondary N) is 1. The molecule has 2 rings (SSSR count). The van der Waals surface area contributed by atoms with Gasteiger partial charge in [-0.3, -0.25) is 4.79 Å². The van der Waals surface area contributed by atoms with Crippen LogP contribution in [0.25, 0.3) is 0 Å². The van der Waals surface area contributed by atoms with E-state index in [1.165, 1.54) is 0 Å². The van der Waals surface area contributed by atoms with Crippen molar-refractivity contribution in [3.8, 4) is 0 Å². The van der Waals surface area contributed by atoms with Crippen LogP contribution in [-0.4, -0.2) is 17.6 Å². The highest BCUT2D eigenvalue weighted by Crippen LogP contribution is 2.49. The van der Waals surface area contributed by atoms with Crippen molar-refractivity contribution in [2.75, 3.05) is 5.73 Å². The zero-order chi connectivity index (χ0) is 14.4. The molecule has 0 radical (unpaired) electrons. The zero-order valence-electron chi connectivity index (χ0n) is 9.44. The quantitative estimate of drug-likeness (QED) is 0.645. The van der Waals surface area contributed by atoms with Gasteiger partial charge in [0.2, 0.25) is 0 Å². The maximum atomic E-state index is 13.3. The highest BCUT2D eigenvalue weighted by molar-refractivity contribution is 5.96. The number of carbonyl (C=O) groups is 1. The molecule has 19 heavy (non-hydrogen) atoms. The summed E-state index contributed by atoms with van der Waals surface area (Å²) < 4.78 is 64.1. The van der Waals surface area contributed by atoms with E-state index in [0.717, 1.165) is 0 Å². The summed E-state index contributed by atoms with van der Waals surface area (Å²) in [4.78, 5) is 11.6. The van der Waals surface area contributed by atoms with E-state index < -0.39 is 40.5 Å². The van der Waals surface area contributed by atoms with Gasteiger partial charge in [0.1, 0.15) is 17.2 Å². The van der Waals surface area contributed by atoms with Gasteiger partial charge in [-0.05, 0) is 18.9 Å². The fourth-order valence-electron chi connectivity index (χ4n) is 1.63. The fraction of sp³-hybridized carbons (Fsp3) is 0.364. The van der Waals surface area contributed by atoms with Crippen molar-refractivity contribution >= 4 is 11.6 Å². The van der Waals surface area contributed by atoms with E-state index >= 15 is 0 Å². The molecule has 0 heterocycles. The minimum absolute atomic E-state index is 0.263. The number of nitrogens with two attached hydrogens (primary N) is 1. The van der Waals surface area contributed by atoms with Crippen LogP contribution in [0.5, 0.6) is 0 Å². The van der Waals surface area contributed by atoms with Crippen LogP contribution in [0.1, 0.15) is 23.2 Å². The van der Waals surface area contributed by atoms with Crippen molar-refractivity contribution in [2.24, 2.45) is 0 Å². The van der Waals surface area contributed by atoms with Crippen LogP contribution >= 0.6 is 0 Å². The molecular formula is C11H9F5N2O. The largest absolute Gasteiger partial charge is 0.411 e. The van der Waals surface area contributed by atoms with Crippen LogP contribution in [0.2, 0.25) is 0 Å². The van der Waals surface area contributed by atoms with Gasteiger partial charge in [-0.25, -0.2) is 8.78 Å². The van der Waals surface area contributed by atoms with Crippen LogP contribution in [0.4, 0.5) is 27.6 Å². The minimum atomic E-state index is -4.61. The molecule has 3 nitrogen and oxygen atoms in total. The smallest absolute Gasteiger partial charge is 0.396 e. The molecule has 1 aliphatic rings. The molecule has 0 saturated heterocycles. The van der Waals surface area contributed by atoms with Gasteiger partial charge >= 0.3 is 6.18 Å². The van der Waals surface area contributed by atoms with Crippen LogP contribution in [0.3, 0.4) is 0 Å². The number of amides is 1. The lowest BCUT2D eigenvalue weighted by Crippen LogP contribution is -2.48. The number of halogens is 5. The Bertz CT molecular complexity index is 537. The van der Waals surface area contributed by atoms with E-state index in [4.69, 9.17) is 5.73 Å². The van der Waals surface area contributed by atoms with Crippen LogP contribution in [0, 0.1) is 11.6 Å². The molecule has 0 spiro atoms. The molecule has 104 valence electrons. The molecule has 8 heteroatoms. The standard InChI is InChI=1S/C11H9F5N2O/c12-6-4-7(13)8(17)3-5(6)9(19)18-10(1-2-10)11(14,15)16/h3-4H,1-2,17H2,(H,18,19). The fourth-order valence-corrected chi connectivity index (χ4v) is 1.63. The molecule has 0 bridgehead atoms. The third-order valence-electron chi connectivity index (χ3n) is 2.98. The van der Waals surface area contributed by atoms with Crippen molar-refractivity contribution < 1.29 is 26.7 Å². The van der Waals surface area contributed by atoms with E-state index in [-0.39, 0.29) is 12.8 Å². The number of anilines is 1. The molecule has 1 aliphatic carbocycles. The number of rotatable bonds is 2. The topological polar surface area (TPSA) is 55.1 Å². The van der Waals surface area contributed by atoms with E-state index in [1.54, 1.807) is 5.32 Å². The number of nitrogen functional groups attached to an aromatic ring is 1. The van der Waals surface area contributed by atoms with E-state index in [9.17, 15) is 26.7 Å². The summed E-state index contributed by atoms with van der Waals surface area (Å²) in [5, 5.41) is 1.73. The Morgan fingerprint density at radius 2 is 1.79 bits per heavy atom. The third-order valence-corrected chi connectivity index (χ3v) is 2.98. The molecule has 1 aromatic rings. The predicted octanol–water partition coefficient (Wildman–Crippen LogP) is 2.37. The second kappa shape index (κ2) is 4.07. The van der Waals surface area contributed by atoms with Gasteiger partial charge in [-0.15, -0.1) is 0 Å². The number of alkyl halides is 3. The molecule has 0 aliphatic heterocycles. The van der Waals surface area contributed by atoms with E-state index in [2.05, 4.69) is 0 Å². The lowest BCUT2D eigenvalue weighted by Gasteiger charge is -2.20. The third kappa shape index (κ3) is 2.34. The summed E-state index contributed by atoms with van der Waals surface area (Å²) >= 11 is 0. The first-order chi connectivity index (χ1) is 8.66. The van der Waals surface area contributed by atoms with Gasteiger partial charge < -0.3 is 11.1 Å². The minimum Gasteiger partial charge on any atom is -0.396 e. The van der Waals surface area contributed by atoms with Crippen molar-refractivity contribution in [2.45, 2.75) is 24.6 Å². The van der Waals surface area contributed by atoms with E-state index in [1.807, 2.05) is 0 Å². The van der Waals surface area contributed by atoms with Crippen molar-refractivity contribution in [1.82, 2.24) is 5.32 Å². The summed E-state index contributed by atoms with van der Waals surface area (Å²) in [6, 6.07) is 1.03. The highest BCUT2D eigenvalue weighted by atomic mass is 19.4. The molecule has 0 aromatic heterocycles.